The van der Waals surface area contributed by atoms with Gasteiger partial charge in [0.25, 0.3) is 5.69 Å². The fourth-order valence-corrected chi connectivity index (χ4v) is 3.68. The number of hydrogen-bond acceptors (Lipinski definition) is 5. The van der Waals surface area contributed by atoms with E-state index in [0.717, 1.165) is 0 Å². The molecule has 2 rings (SSSR count). The molecule has 1 aromatic heterocycles. The van der Waals surface area contributed by atoms with E-state index in [2.05, 4.69) is 4.98 Å². The SMILES string of the molecule is CC(CCl)S(=O)(=O)c1ccc([N+](=O)[O-])c2ccncc12. The molecule has 1 heterocycles. The van der Waals surface area contributed by atoms with Gasteiger partial charge in [0.2, 0.25) is 0 Å². The lowest BCUT2D eigenvalue weighted by Gasteiger charge is -2.12. The molecular formula is C12H11ClN2O4S. The van der Waals surface area contributed by atoms with E-state index in [-0.39, 0.29) is 27.2 Å². The molecule has 0 bridgehead atoms. The van der Waals surface area contributed by atoms with E-state index >= 15 is 0 Å². The van der Waals surface area contributed by atoms with Crippen LogP contribution in [0, 0.1) is 10.1 Å². The number of nitro groups is 1. The van der Waals surface area contributed by atoms with Crippen molar-refractivity contribution in [2.24, 2.45) is 0 Å². The van der Waals surface area contributed by atoms with E-state index < -0.39 is 20.0 Å². The Kier molecular flexibility index (Phi) is 3.92. The molecule has 0 spiro atoms. The van der Waals surface area contributed by atoms with Crippen molar-refractivity contribution < 1.29 is 13.3 Å². The van der Waals surface area contributed by atoms with Gasteiger partial charge < -0.3 is 0 Å². The highest BCUT2D eigenvalue weighted by atomic mass is 35.5. The van der Waals surface area contributed by atoms with E-state index in [1.807, 2.05) is 0 Å². The third-order valence-corrected chi connectivity index (χ3v) is 5.85. The second-order valence-electron chi connectivity index (χ2n) is 4.27. The molecule has 2 aromatic rings. The first kappa shape index (κ1) is 14.7. The molecule has 0 radical (unpaired) electrons. The first-order valence-electron chi connectivity index (χ1n) is 5.70. The van der Waals surface area contributed by atoms with Gasteiger partial charge in [-0.25, -0.2) is 8.42 Å². The quantitative estimate of drug-likeness (QED) is 0.491. The Bertz CT molecular complexity index is 776. The Labute approximate surface area is 120 Å². The molecule has 0 saturated heterocycles. The highest BCUT2D eigenvalue weighted by Gasteiger charge is 2.27. The Hall–Kier alpha value is -1.73. The van der Waals surface area contributed by atoms with Gasteiger partial charge in [0, 0.05) is 29.7 Å². The number of fused-ring (bicyclic) bond motifs is 1. The van der Waals surface area contributed by atoms with Gasteiger partial charge in [-0.15, -0.1) is 11.6 Å². The number of alkyl halides is 1. The molecule has 0 N–H and O–H groups in total. The number of aromatic nitrogens is 1. The smallest absolute Gasteiger partial charge is 0.264 e. The van der Waals surface area contributed by atoms with E-state index in [9.17, 15) is 18.5 Å². The van der Waals surface area contributed by atoms with Gasteiger partial charge in [0.05, 0.1) is 20.5 Å². The van der Waals surface area contributed by atoms with Crippen LogP contribution in [-0.2, 0) is 9.84 Å². The average Bonchev–Trinajstić information content (AvgIpc) is 2.44. The molecule has 8 heteroatoms. The number of halogens is 1. The zero-order valence-corrected chi connectivity index (χ0v) is 12.1. The van der Waals surface area contributed by atoms with Crippen LogP contribution in [0.15, 0.2) is 35.5 Å². The van der Waals surface area contributed by atoms with Gasteiger partial charge in [-0.05, 0) is 19.1 Å². The highest BCUT2D eigenvalue weighted by molar-refractivity contribution is 7.92. The maximum Gasteiger partial charge on any atom is 0.277 e. The number of sulfone groups is 1. The molecule has 106 valence electrons. The molecule has 1 aromatic carbocycles. The van der Waals surface area contributed by atoms with Gasteiger partial charge in [0.15, 0.2) is 9.84 Å². The first-order chi connectivity index (χ1) is 9.39. The van der Waals surface area contributed by atoms with Crippen molar-refractivity contribution >= 4 is 37.9 Å². The number of non-ortho nitro benzene ring substituents is 1. The van der Waals surface area contributed by atoms with Crippen molar-refractivity contribution in [3.63, 3.8) is 0 Å². The maximum absolute atomic E-state index is 12.4. The number of rotatable bonds is 4. The predicted octanol–water partition coefficient (Wildman–Crippen LogP) is 2.54. The van der Waals surface area contributed by atoms with Gasteiger partial charge in [-0.1, -0.05) is 0 Å². The number of hydrogen-bond donors (Lipinski definition) is 0. The van der Waals surface area contributed by atoms with Crippen LogP contribution < -0.4 is 0 Å². The summed E-state index contributed by atoms with van der Waals surface area (Å²) in [7, 11) is -3.65. The monoisotopic (exact) mass is 314 g/mol. The third kappa shape index (κ3) is 2.34. The molecule has 0 amide bonds. The van der Waals surface area contributed by atoms with Crippen molar-refractivity contribution in [3.8, 4) is 0 Å². The number of nitro benzene ring substituents is 1. The van der Waals surface area contributed by atoms with Crippen LogP contribution in [0.1, 0.15) is 6.92 Å². The Morgan fingerprint density at radius 1 is 1.35 bits per heavy atom. The van der Waals surface area contributed by atoms with Crippen LogP contribution in [0.2, 0.25) is 0 Å². The summed E-state index contributed by atoms with van der Waals surface area (Å²) in [6, 6.07) is 3.86. The number of nitrogens with zero attached hydrogens (tertiary/aromatic N) is 2. The van der Waals surface area contributed by atoms with Crippen molar-refractivity contribution in [2.45, 2.75) is 17.1 Å². The van der Waals surface area contributed by atoms with Crippen molar-refractivity contribution in [3.05, 3.63) is 40.7 Å². The van der Waals surface area contributed by atoms with E-state index in [0.29, 0.717) is 0 Å². The van der Waals surface area contributed by atoms with Crippen molar-refractivity contribution in [1.82, 2.24) is 4.98 Å². The molecule has 1 atom stereocenters. The zero-order chi connectivity index (χ0) is 14.9. The topological polar surface area (TPSA) is 90.2 Å². The van der Waals surface area contributed by atoms with Crippen LogP contribution in [0.25, 0.3) is 10.8 Å². The minimum atomic E-state index is -3.65. The summed E-state index contributed by atoms with van der Waals surface area (Å²) in [5.74, 6) is -0.0545. The van der Waals surface area contributed by atoms with Gasteiger partial charge in [-0.2, -0.15) is 0 Å². The molecule has 0 aliphatic heterocycles. The first-order valence-corrected chi connectivity index (χ1v) is 7.78. The Morgan fingerprint density at radius 2 is 2.05 bits per heavy atom. The zero-order valence-electron chi connectivity index (χ0n) is 10.5. The second kappa shape index (κ2) is 5.34. The number of benzene rings is 1. The summed E-state index contributed by atoms with van der Waals surface area (Å²) >= 11 is 5.62. The maximum atomic E-state index is 12.4. The predicted molar refractivity (Wildman–Crippen MR) is 75.8 cm³/mol. The van der Waals surface area contributed by atoms with E-state index in [4.69, 9.17) is 11.6 Å². The highest BCUT2D eigenvalue weighted by Crippen LogP contribution is 2.32. The van der Waals surface area contributed by atoms with Gasteiger partial charge in [0.1, 0.15) is 0 Å². The fraction of sp³-hybridized carbons (Fsp3) is 0.250. The van der Waals surface area contributed by atoms with Crippen LogP contribution >= 0.6 is 11.6 Å². The van der Waals surface area contributed by atoms with Crippen molar-refractivity contribution in [1.29, 1.82) is 0 Å². The molecule has 1 unspecified atom stereocenters. The van der Waals surface area contributed by atoms with Crippen LogP contribution in [-0.4, -0.2) is 29.5 Å². The van der Waals surface area contributed by atoms with E-state index in [1.165, 1.54) is 37.5 Å². The molecule has 0 aliphatic carbocycles. The van der Waals surface area contributed by atoms with Gasteiger partial charge >= 0.3 is 0 Å². The van der Waals surface area contributed by atoms with Crippen molar-refractivity contribution in [2.75, 3.05) is 5.88 Å². The molecule has 0 aliphatic rings. The summed E-state index contributed by atoms with van der Waals surface area (Å²) in [5.41, 5.74) is -0.153. The standard InChI is InChI=1S/C12H11ClN2O4S/c1-8(6-13)20(18,19)12-3-2-11(15(16)17)9-4-5-14-7-10(9)12/h2-5,7-8H,6H2,1H3. The number of pyridine rings is 1. The minimum Gasteiger partial charge on any atom is -0.264 e. The summed E-state index contributed by atoms with van der Waals surface area (Å²) in [5, 5.41) is 10.7. The molecule has 0 fully saturated rings. The molecular weight excluding hydrogens is 304 g/mol. The normalized spacial score (nSPS) is 13.3. The Morgan fingerprint density at radius 3 is 2.65 bits per heavy atom. The van der Waals surface area contributed by atoms with Gasteiger partial charge in [-0.3, -0.25) is 15.1 Å². The Balaban J connectivity index is 2.82. The summed E-state index contributed by atoms with van der Waals surface area (Å²) in [6.07, 6.45) is 2.70. The van der Waals surface area contributed by atoms with Crippen LogP contribution in [0.3, 0.4) is 0 Å². The lowest BCUT2D eigenvalue weighted by atomic mass is 10.1. The molecule has 20 heavy (non-hydrogen) atoms. The van der Waals surface area contributed by atoms with E-state index in [1.54, 1.807) is 0 Å². The lowest BCUT2D eigenvalue weighted by molar-refractivity contribution is -0.383. The second-order valence-corrected chi connectivity index (χ2v) is 6.91. The largest absolute Gasteiger partial charge is 0.277 e. The van der Waals surface area contributed by atoms with Crippen LogP contribution in [0.4, 0.5) is 5.69 Å². The summed E-state index contributed by atoms with van der Waals surface area (Å²) < 4.78 is 24.8. The fourth-order valence-electron chi connectivity index (χ4n) is 1.86. The summed E-state index contributed by atoms with van der Waals surface area (Å²) in [4.78, 5) is 14.3. The third-order valence-electron chi connectivity index (χ3n) is 3.01. The molecule has 6 nitrogen and oxygen atoms in total. The van der Waals surface area contributed by atoms with Crippen LogP contribution in [0.5, 0.6) is 0 Å². The minimum absolute atomic E-state index is 0.0133. The summed E-state index contributed by atoms with van der Waals surface area (Å²) in [6.45, 7) is 1.49. The average molecular weight is 315 g/mol. The molecule has 0 saturated carbocycles. The lowest BCUT2D eigenvalue weighted by Crippen LogP contribution is -2.19.